The molecule has 28 nitrogen and oxygen atoms in total. The second kappa shape index (κ2) is 31.2. The molecule has 4 aliphatic carbocycles. The van der Waals surface area contributed by atoms with Gasteiger partial charge in [-0.25, -0.2) is 9.59 Å². The molecule has 28 heteroatoms. The van der Waals surface area contributed by atoms with E-state index >= 15 is 0 Å². The van der Waals surface area contributed by atoms with Crippen LogP contribution in [0.2, 0.25) is 0 Å². The van der Waals surface area contributed by atoms with E-state index in [9.17, 15) is 50.1 Å². The lowest BCUT2D eigenvalue weighted by Crippen LogP contribution is -2.79. The van der Waals surface area contributed by atoms with E-state index in [4.69, 9.17) is 80.5 Å². The number of aromatic nitrogens is 1. The fourth-order valence-electron chi connectivity index (χ4n) is 17.9. The van der Waals surface area contributed by atoms with E-state index in [1.165, 1.54) is 39.6 Å². The molecule has 0 radical (unpaired) electrons. The van der Waals surface area contributed by atoms with Crippen LogP contribution in [0.25, 0.3) is 6.08 Å². The normalized spacial score (nSPS) is 45.4. The lowest BCUT2D eigenvalue weighted by molar-refractivity contribution is -0.374. The Morgan fingerprint density at radius 3 is 1.81 bits per heavy atom. The van der Waals surface area contributed by atoms with E-state index < -0.39 is 205 Å². The van der Waals surface area contributed by atoms with Crippen LogP contribution in [-0.2, 0) is 90.1 Å². The molecule has 7 N–H and O–H groups in total. The number of carbonyl (C=O) groups excluding carboxylic acids is 3. The second-order valence-electron chi connectivity index (χ2n) is 28.9. The zero-order valence-electron chi connectivity index (χ0n) is 59.0. The number of aliphatic hydroxyl groups is 7. The van der Waals surface area contributed by atoms with E-state index in [1.54, 1.807) is 60.1 Å². The highest BCUT2D eigenvalue weighted by Gasteiger charge is 2.83. The number of nitrogens with zero attached hydrogens (tertiary/aromatic N) is 1. The van der Waals surface area contributed by atoms with Crippen molar-refractivity contribution >= 4 is 24.0 Å². The minimum absolute atomic E-state index is 0.00947. The van der Waals surface area contributed by atoms with Gasteiger partial charge in [0.2, 0.25) is 0 Å². The highest BCUT2D eigenvalue weighted by Crippen LogP contribution is 2.72. The van der Waals surface area contributed by atoms with Gasteiger partial charge in [0.05, 0.1) is 66.4 Å². The van der Waals surface area contributed by atoms with Crippen molar-refractivity contribution in [2.24, 2.45) is 16.7 Å². The molecule has 1 aromatic heterocycles. The van der Waals surface area contributed by atoms with Gasteiger partial charge in [-0.3, -0.25) is 9.78 Å². The zero-order chi connectivity index (χ0) is 72.0. The van der Waals surface area contributed by atoms with Gasteiger partial charge in [0.15, 0.2) is 37.1 Å². The number of benzene rings is 1. The van der Waals surface area contributed by atoms with Crippen LogP contribution in [0.3, 0.4) is 0 Å². The van der Waals surface area contributed by atoms with Gasteiger partial charge in [-0.1, -0.05) is 48.9 Å². The summed E-state index contributed by atoms with van der Waals surface area (Å²) in [4.78, 5) is 45.5. The number of ether oxygens (including phenoxy) is 17. The molecule has 1 aromatic carbocycles. The molecule has 3 saturated carbocycles. The Balaban J connectivity index is 0.710. The Morgan fingerprint density at radius 2 is 1.24 bits per heavy atom. The summed E-state index contributed by atoms with van der Waals surface area (Å²) in [5.41, 5.74) is -6.31. The minimum atomic E-state index is -2.08. The van der Waals surface area contributed by atoms with Crippen molar-refractivity contribution in [1.82, 2.24) is 4.98 Å². The molecule has 0 amide bonds. The first kappa shape index (κ1) is 76.5. The Kier molecular flexibility index (Phi) is 23.9. The van der Waals surface area contributed by atoms with E-state index in [0.717, 1.165) is 11.1 Å². The summed E-state index contributed by atoms with van der Waals surface area (Å²) in [5, 5.41) is 80.0. The highest BCUT2D eigenvalue weighted by molar-refractivity contribution is 5.89. The van der Waals surface area contributed by atoms with Crippen LogP contribution in [0.5, 0.6) is 0 Å². The van der Waals surface area contributed by atoms with Gasteiger partial charge in [-0.05, 0) is 116 Å². The van der Waals surface area contributed by atoms with Crippen LogP contribution in [0.15, 0.2) is 72.6 Å². The third-order valence-corrected chi connectivity index (χ3v) is 23.4. The Morgan fingerprint density at radius 1 is 0.660 bits per heavy atom. The first-order chi connectivity index (χ1) is 47.6. The maximum atomic E-state index is 14.3. The van der Waals surface area contributed by atoms with Crippen molar-refractivity contribution in [3.8, 4) is 0 Å². The van der Waals surface area contributed by atoms with Crippen molar-refractivity contribution in [1.29, 1.82) is 0 Å². The van der Waals surface area contributed by atoms with Gasteiger partial charge < -0.3 is 116 Å². The lowest BCUT2D eigenvalue weighted by atomic mass is 9.42. The molecule has 9 aliphatic rings. The lowest BCUT2D eigenvalue weighted by Gasteiger charge is -2.67. The van der Waals surface area contributed by atoms with Gasteiger partial charge in [0, 0.05) is 79.0 Å². The second-order valence-corrected chi connectivity index (χ2v) is 28.9. The van der Waals surface area contributed by atoms with Crippen molar-refractivity contribution in [2.45, 2.75) is 290 Å². The van der Waals surface area contributed by atoms with Crippen LogP contribution in [0, 0.1) is 16.7 Å². The minimum Gasteiger partial charge on any atom is -0.458 e. The van der Waals surface area contributed by atoms with Crippen molar-refractivity contribution < 1.29 is 131 Å². The number of pyridine rings is 1. The van der Waals surface area contributed by atoms with Gasteiger partial charge in [0.25, 0.3) is 0 Å². The summed E-state index contributed by atoms with van der Waals surface area (Å²) in [6.07, 6.45) is -13.8. The predicted octanol–water partition coefficient (Wildman–Crippen LogP) is 3.65. The maximum Gasteiger partial charge on any atom is 0.339 e. The SMILES string of the molecule is CO[C@H]1[C@@H](O)[C@H](O[C@@H]2[C@@H](C)O[C@@H](O[C@@H]3[C@@H](C)O[C@@H](O[C@H]4[C@@H](OC)C[C@H](O[C@H]5CC[C@@]6(C)C(=CC[C@]7(O)[C@@H]6CC(OC(=O)c6cccnc6)[C@@]6(C)[C@]7(O)CC[C@]6(OC(C)=O)C(C)OC(=O)/C=C/c6ccccc6)C5)O[C@@H]4C)C[C@H]3OC)C[C@H]2OC)O[C@H](C)[C@H]1O[C@@H]1O[C@H](CO)[C@@H](O)[C@H](O)[C@H]1O. The summed E-state index contributed by atoms with van der Waals surface area (Å²) >= 11 is 0. The number of fused-ring (bicyclic) bond motifs is 5. The predicted molar refractivity (Wildman–Crippen MR) is 347 cm³/mol. The Labute approximate surface area is 583 Å². The summed E-state index contributed by atoms with van der Waals surface area (Å²) in [6.45, 7) is 13.1. The van der Waals surface area contributed by atoms with Gasteiger partial charge in [0.1, 0.15) is 84.4 Å². The number of hydrogen-bond acceptors (Lipinski definition) is 28. The Bertz CT molecular complexity index is 3150. The quantitative estimate of drug-likeness (QED) is 0.0383. The maximum absolute atomic E-state index is 14.3. The van der Waals surface area contributed by atoms with E-state index in [0.29, 0.717) is 25.7 Å². The van der Waals surface area contributed by atoms with Crippen molar-refractivity contribution in [3.05, 3.63) is 83.7 Å². The number of hydrogen-bond donors (Lipinski definition) is 7. The van der Waals surface area contributed by atoms with Gasteiger partial charge in [-0.2, -0.15) is 0 Å². The summed E-state index contributed by atoms with van der Waals surface area (Å²) in [5.74, 6) is -2.86. The number of aliphatic hydroxyl groups excluding tert-OH is 5. The monoisotopic (exact) mass is 1410 g/mol. The highest BCUT2D eigenvalue weighted by atomic mass is 16.8. The number of carbonyl (C=O) groups is 3. The molecule has 8 fully saturated rings. The first-order valence-electron chi connectivity index (χ1n) is 35.0. The molecule has 5 aliphatic heterocycles. The van der Waals surface area contributed by atoms with E-state index in [2.05, 4.69) is 11.9 Å². The fourth-order valence-corrected chi connectivity index (χ4v) is 17.9. The number of rotatable bonds is 22. The van der Waals surface area contributed by atoms with Crippen LogP contribution in [0.4, 0.5) is 0 Å². The van der Waals surface area contributed by atoms with Crippen LogP contribution in [0.1, 0.15) is 136 Å². The van der Waals surface area contributed by atoms with E-state index in [-0.39, 0.29) is 50.2 Å². The zero-order valence-corrected chi connectivity index (χ0v) is 59.0. The third kappa shape index (κ3) is 14.4. The summed E-state index contributed by atoms with van der Waals surface area (Å²) in [7, 11) is 6.08. The molecular weight excluding hydrogens is 1310 g/mol. The standard InChI is InChI=1S/C72H103NO27/c1-36-60(96-54-31-47(85-10)61(37(2)89-54)97-55-32-48(86-11)62(38(3)90-55)98-67-59(80)64(87-12)63(39(4)91-67)99-66-58(79)57(78)56(77)49(35-74)94-66)46(84-9)30-53(88-36)93-45-23-24-68(7)44(29-45)22-25-70(82)50(68)33-51(95-65(81)43-19-16-28-73-34-43)69(8)71(100-41(6)75,26-27-72(69,70)83)40(5)92-52(76)21-20-42-17-14-13-15-18-42/h13-22,28,34,36-40,45-51,53-64,66-67,74,77-80,82-83H,23-27,29-33,35H2,1-12H3/b21-20+/t36-,37-,38-,39-,40?,45+,46+,47-,48-,49-,50-,51?,53+,54+,55+,56-,57+,58-,59-,60-,61-,62-,63-,64+,66+,67+,68+,69-,70+,71+,72-/m1/s1. The topological polar surface area (TPSA) is 363 Å². The molecule has 558 valence electrons. The summed E-state index contributed by atoms with van der Waals surface area (Å²) in [6, 6.07) is 12.4. The average molecular weight is 1410 g/mol. The van der Waals surface area contributed by atoms with Gasteiger partial charge in [-0.15, -0.1) is 0 Å². The smallest absolute Gasteiger partial charge is 0.339 e. The van der Waals surface area contributed by atoms with Gasteiger partial charge >= 0.3 is 17.9 Å². The van der Waals surface area contributed by atoms with Crippen LogP contribution >= 0.6 is 0 Å². The molecule has 11 rings (SSSR count). The molecule has 2 unspecified atom stereocenters. The average Bonchev–Trinajstić information content (AvgIpc) is 1.38. The molecule has 0 spiro atoms. The summed E-state index contributed by atoms with van der Waals surface area (Å²) < 4.78 is 107. The molecule has 6 heterocycles. The molecule has 5 saturated heterocycles. The Hall–Kier alpha value is -4.58. The van der Waals surface area contributed by atoms with Crippen LogP contribution < -0.4 is 0 Å². The molecule has 2 aromatic rings. The third-order valence-electron chi connectivity index (χ3n) is 23.4. The number of methoxy groups -OCH3 is 4. The van der Waals surface area contributed by atoms with Crippen LogP contribution in [-0.4, -0.2) is 264 Å². The van der Waals surface area contributed by atoms with E-state index in [1.807, 2.05) is 50.3 Å². The van der Waals surface area contributed by atoms with Crippen molar-refractivity contribution in [2.75, 3.05) is 35.0 Å². The van der Waals surface area contributed by atoms with Crippen molar-refractivity contribution in [3.63, 3.8) is 0 Å². The first-order valence-corrected chi connectivity index (χ1v) is 35.0. The molecule has 100 heavy (non-hydrogen) atoms. The number of esters is 3. The molecule has 31 atom stereocenters. The molecule has 0 bridgehead atoms. The fraction of sp³-hybridized carbons (Fsp3) is 0.750. The molecular formula is C72H103NO27. The largest absolute Gasteiger partial charge is 0.458 e.